The maximum Gasteiger partial charge on any atom is 0.414 e. The molecule has 0 saturated carbocycles. The number of nitrogens with zero attached hydrogens (tertiary/aromatic N) is 1. The summed E-state index contributed by atoms with van der Waals surface area (Å²) in [5, 5.41) is 0. The lowest BCUT2D eigenvalue weighted by molar-refractivity contribution is 0.0583. The van der Waals surface area contributed by atoms with Crippen LogP contribution in [0.15, 0.2) is 72.8 Å². The second-order valence-electron chi connectivity index (χ2n) is 8.91. The summed E-state index contributed by atoms with van der Waals surface area (Å²) in [4.78, 5) is 14.7. The third-order valence-electron chi connectivity index (χ3n) is 5.41. The molecule has 3 aromatic carbocycles. The van der Waals surface area contributed by atoms with E-state index in [1.807, 2.05) is 87.5 Å². The summed E-state index contributed by atoms with van der Waals surface area (Å²) in [6.07, 6.45) is -0.352. The second-order valence-corrected chi connectivity index (χ2v) is 8.91. The molecule has 0 fully saturated rings. The maximum atomic E-state index is 13.0. The Hall–Kier alpha value is -3.47. The summed E-state index contributed by atoms with van der Waals surface area (Å²) in [5.41, 5.74) is 3.54. The summed E-state index contributed by atoms with van der Waals surface area (Å²) >= 11 is 0. The summed E-state index contributed by atoms with van der Waals surface area (Å²) in [5.74, 6) is 1.57. The molecule has 0 aliphatic carbocycles. The second kappa shape index (κ2) is 8.95. The maximum absolute atomic E-state index is 13.0. The van der Waals surface area contributed by atoms with Crippen LogP contribution < -0.4 is 14.4 Å². The van der Waals surface area contributed by atoms with Crippen LogP contribution in [0.2, 0.25) is 0 Å². The minimum absolute atomic E-state index is 0.0478. The number of fused-ring (bicyclic) bond motifs is 1. The molecule has 166 valence electrons. The molecular weight excluding hydrogens is 402 g/mol. The Labute approximate surface area is 189 Å². The van der Waals surface area contributed by atoms with Gasteiger partial charge in [-0.15, -0.1) is 0 Å². The van der Waals surface area contributed by atoms with Crippen LogP contribution in [-0.4, -0.2) is 25.3 Å². The SMILES string of the molecule is COc1ccc(C2CN(C(=O)OC(C)(C)C)c3cc(OCc4ccccc4)ccc32)cc1. The van der Waals surface area contributed by atoms with Crippen LogP contribution in [0.4, 0.5) is 10.5 Å². The summed E-state index contributed by atoms with van der Waals surface area (Å²) < 4.78 is 17.0. The van der Waals surface area contributed by atoms with Gasteiger partial charge in [0, 0.05) is 18.5 Å². The van der Waals surface area contributed by atoms with Crippen molar-refractivity contribution in [2.75, 3.05) is 18.6 Å². The zero-order valence-corrected chi connectivity index (χ0v) is 19.0. The fraction of sp³-hybridized carbons (Fsp3) is 0.296. The molecule has 1 atom stereocenters. The van der Waals surface area contributed by atoms with E-state index in [-0.39, 0.29) is 12.0 Å². The predicted octanol–water partition coefficient (Wildman–Crippen LogP) is 6.16. The summed E-state index contributed by atoms with van der Waals surface area (Å²) in [6, 6.07) is 24.0. The van der Waals surface area contributed by atoms with Crippen molar-refractivity contribution in [2.24, 2.45) is 0 Å². The highest BCUT2D eigenvalue weighted by Gasteiger charge is 2.36. The van der Waals surface area contributed by atoms with Gasteiger partial charge in [0.25, 0.3) is 0 Å². The first-order valence-corrected chi connectivity index (χ1v) is 10.8. The number of hydrogen-bond donors (Lipinski definition) is 0. The molecule has 0 bridgehead atoms. The normalized spacial score (nSPS) is 15.2. The van der Waals surface area contributed by atoms with E-state index < -0.39 is 5.60 Å². The van der Waals surface area contributed by atoms with Crippen LogP contribution in [0.3, 0.4) is 0 Å². The van der Waals surface area contributed by atoms with Crippen LogP contribution >= 0.6 is 0 Å². The molecule has 1 amide bonds. The molecule has 1 aliphatic heterocycles. The van der Waals surface area contributed by atoms with Gasteiger partial charge < -0.3 is 14.2 Å². The number of methoxy groups -OCH3 is 1. The monoisotopic (exact) mass is 431 g/mol. The molecule has 0 N–H and O–H groups in total. The van der Waals surface area contributed by atoms with Crippen molar-refractivity contribution < 1.29 is 19.0 Å². The fourth-order valence-corrected chi connectivity index (χ4v) is 3.87. The summed E-state index contributed by atoms with van der Waals surface area (Å²) in [6.45, 7) is 6.61. The first kappa shape index (κ1) is 21.8. The van der Waals surface area contributed by atoms with E-state index in [0.29, 0.717) is 13.2 Å². The number of benzene rings is 3. The Morgan fingerprint density at radius 3 is 2.31 bits per heavy atom. The van der Waals surface area contributed by atoms with Crippen LogP contribution in [0.1, 0.15) is 43.4 Å². The van der Waals surface area contributed by atoms with Gasteiger partial charge in [-0.05, 0) is 55.7 Å². The fourth-order valence-electron chi connectivity index (χ4n) is 3.87. The lowest BCUT2D eigenvalue weighted by Gasteiger charge is -2.25. The number of hydrogen-bond acceptors (Lipinski definition) is 4. The lowest BCUT2D eigenvalue weighted by atomic mass is 9.93. The standard InChI is InChI=1S/C27H29NO4/c1-27(2,3)32-26(29)28-17-24(20-10-12-21(30-4)13-11-20)23-15-14-22(16-25(23)28)31-18-19-8-6-5-7-9-19/h5-16,24H,17-18H2,1-4H3. The van der Waals surface area contributed by atoms with Crippen molar-refractivity contribution in [3.05, 3.63) is 89.5 Å². The molecule has 32 heavy (non-hydrogen) atoms. The molecule has 0 radical (unpaired) electrons. The van der Waals surface area contributed by atoms with Gasteiger partial charge in [-0.3, -0.25) is 4.90 Å². The molecule has 1 unspecified atom stereocenters. The van der Waals surface area contributed by atoms with Gasteiger partial charge in [-0.25, -0.2) is 4.79 Å². The Morgan fingerprint density at radius 2 is 1.66 bits per heavy atom. The van der Waals surface area contributed by atoms with Gasteiger partial charge >= 0.3 is 6.09 Å². The van der Waals surface area contributed by atoms with Gasteiger partial charge in [0.15, 0.2) is 0 Å². The Morgan fingerprint density at radius 1 is 0.969 bits per heavy atom. The number of anilines is 1. The molecule has 0 spiro atoms. The highest BCUT2D eigenvalue weighted by Crippen LogP contribution is 2.43. The first-order valence-electron chi connectivity index (χ1n) is 10.8. The molecule has 0 aromatic heterocycles. The average Bonchev–Trinajstić information content (AvgIpc) is 3.16. The van der Waals surface area contributed by atoms with Crippen molar-refractivity contribution in [1.82, 2.24) is 0 Å². The Kier molecular flexibility index (Phi) is 6.08. The molecule has 1 heterocycles. The largest absolute Gasteiger partial charge is 0.497 e. The van der Waals surface area contributed by atoms with Gasteiger partial charge in [-0.2, -0.15) is 0 Å². The van der Waals surface area contributed by atoms with Crippen molar-refractivity contribution in [3.63, 3.8) is 0 Å². The van der Waals surface area contributed by atoms with Crippen molar-refractivity contribution in [3.8, 4) is 11.5 Å². The van der Waals surface area contributed by atoms with E-state index in [0.717, 1.165) is 33.9 Å². The van der Waals surface area contributed by atoms with Crippen LogP contribution in [0.5, 0.6) is 11.5 Å². The van der Waals surface area contributed by atoms with E-state index in [4.69, 9.17) is 14.2 Å². The van der Waals surface area contributed by atoms with Crippen molar-refractivity contribution in [1.29, 1.82) is 0 Å². The minimum atomic E-state index is -0.573. The highest BCUT2D eigenvalue weighted by molar-refractivity contribution is 5.92. The third-order valence-corrected chi connectivity index (χ3v) is 5.41. The van der Waals surface area contributed by atoms with Gasteiger partial charge in [0.2, 0.25) is 0 Å². The van der Waals surface area contributed by atoms with Gasteiger partial charge in [-0.1, -0.05) is 48.5 Å². The third kappa shape index (κ3) is 4.88. The number of carbonyl (C=O) groups excluding carboxylic acids is 1. The average molecular weight is 432 g/mol. The van der Waals surface area contributed by atoms with Crippen molar-refractivity contribution in [2.45, 2.75) is 38.9 Å². The molecule has 3 aromatic rings. The smallest absolute Gasteiger partial charge is 0.414 e. The molecule has 4 rings (SSSR count). The first-order chi connectivity index (χ1) is 15.3. The van der Waals surface area contributed by atoms with Crippen LogP contribution in [0.25, 0.3) is 0 Å². The minimum Gasteiger partial charge on any atom is -0.497 e. The van der Waals surface area contributed by atoms with E-state index in [9.17, 15) is 4.79 Å². The Bertz CT molecular complexity index is 1070. The molecule has 5 heteroatoms. The zero-order chi connectivity index (χ0) is 22.7. The van der Waals surface area contributed by atoms with Crippen LogP contribution in [0, 0.1) is 0 Å². The summed E-state index contributed by atoms with van der Waals surface area (Å²) in [7, 11) is 1.65. The number of rotatable bonds is 5. The van der Waals surface area contributed by atoms with E-state index in [1.165, 1.54) is 0 Å². The molecule has 0 saturated heterocycles. The van der Waals surface area contributed by atoms with Crippen molar-refractivity contribution >= 4 is 11.8 Å². The van der Waals surface area contributed by atoms with Gasteiger partial charge in [0.1, 0.15) is 23.7 Å². The number of amides is 1. The quantitative estimate of drug-likeness (QED) is 0.485. The number of carbonyl (C=O) groups is 1. The lowest BCUT2D eigenvalue weighted by Crippen LogP contribution is -2.36. The Balaban J connectivity index is 1.63. The molecule has 5 nitrogen and oxygen atoms in total. The van der Waals surface area contributed by atoms with Gasteiger partial charge in [0.05, 0.1) is 12.8 Å². The van der Waals surface area contributed by atoms with E-state index >= 15 is 0 Å². The van der Waals surface area contributed by atoms with E-state index in [2.05, 4.69) is 6.07 Å². The highest BCUT2D eigenvalue weighted by atomic mass is 16.6. The predicted molar refractivity (Wildman–Crippen MR) is 126 cm³/mol. The number of ether oxygens (including phenoxy) is 3. The topological polar surface area (TPSA) is 48.0 Å². The van der Waals surface area contributed by atoms with Crippen LogP contribution in [-0.2, 0) is 11.3 Å². The molecular formula is C27H29NO4. The molecule has 1 aliphatic rings. The zero-order valence-electron chi connectivity index (χ0n) is 19.0. The van der Waals surface area contributed by atoms with E-state index in [1.54, 1.807) is 12.0 Å².